The Labute approximate surface area is 118 Å². The van der Waals surface area contributed by atoms with E-state index in [-0.39, 0.29) is 18.4 Å². The van der Waals surface area contributed by atoms with Crippen molar-refractivity contribution in [1.29, 1.82) is 0 Å². The van der Waals surface area contributed by atoms with E-state index in [2.05, 4.69) is 10.3 Å². The number of nitrogens with one attached hydrogen (secondary N) is 1. The number of rotatable bonds is 7. The minimum atomic E-state index is -0.839. The number of aromatic nitrogens is 1. The van der Waals surface area contributed by atoms with Gasteiger partial charge in [-0.2, -0.15) is 0 Å². The number of anilines is 1. The number of pyridine rings is 1. The van der Waals surface area contributed by atoms with Crippen molar-refractivity contribution in [3.8, 4) is 0 Å². The van der Waals surface area contributed by atoms with Crippen LogP contribution in [0.5, 0.6) is 0 Å². The van der Waals surface area contributed by atoms with Crippen LogP contribution < -0.4 is 10.2 Å². The van der Waals surface area contributed by atoms with Crippen molar-refractivity contribution in [3.63, 3.8) is 0 Å². The highest BCUT2D eigenvalue weighted by molar-refractivity contribution is 5.93. The Morgan fingerprint density at radius 3 is 2.70 bits per heavy atom. The van der Waals surface area contributed by atoms with Crippen LogP contribution in [0.1, 0.15) is 37.7 Å². The third kappa shape index (κ3) is 4.53. The predicted molar refractivity (Wildman–Crippen MR) is 77.0 cm³/mol. The van der Waals surface area contributed by atoms with Crippen molar-refractivity contribution < 1.29 is 14.7 Å². The molecule has 0 saturated carbocycles. The van der Waals surface area contributed by atoms with Gasteiger partial charge in [0.1, 0.15) is 5.69 Å². The standard InChI is InChI=1S/C14H21N3O3/c1-4-15-14(20)12-9-11(5-7-16-12)17(10(2)3)8-6-13(18)19/h5,7,9-10H,4,6,8H2,1-3H3,(H,15,20)(H,18,19). The number of hydrogen-bond acceptors (Lipinski definition) is 4. The molecule has 0 aromatic carbocycles. The number of nitrogens with zero attached hydrogens (tertiary/aromatic N) is 2. The Hall–Kier alpha value is -2.11. The lowest BCUT2D eigenvalue weighted by molar-refractivity contribution is -0.136. The second-order valence-corrected chi connectivity index (χ2v) is 4.69. The molecule has 1 aromatic rings. The first-order chi connectivity index (χ1) is 9.45. The average Bonchev–Trinajstić information content (AvgIpc) is 2.39. The van der Waals surface area contributed by atoms with Crippen LogP contribution in [0.3, 0.4) is 0 Å². The first kappa shape index (κ1) is 15.9. The Morgan fingerprint density at radius 1 is 1.45 bits per heavy atom. The van der Waals surface area contributed by atoms with Gasteiger partial charge in [0.2, 0.25) is 0 Å². The number of carbonyl (C=O) groups is 2. The van der Waals surface area contributed by atoms with Gasteiger partial charge in [0.15, 0.2) is 0 Å². The molecule has 0 radical (unpaired) electrons. The molecule has 0 spiro atoms. The molecule has 2 N–H and O–H groups in total. The van der Waals surface area contributed by atoms with Gasteiger partial charge in [0, 0.05) is 31.0 Å². The fourth-order valence-corrected chi connectivity index (χ4v) is 1.87. The average molecular weight is 279 g/mol. The van der Waals surface area contributed by atoms with Crippen LogP contribution >= 0.6 is 0 Å². The van der Waals surface area contributed by atoms with Crippen molar-refractivity contribution in [2.24, 2.45) is 0 Å². The van der Waals surface area contributed by atoms with Gasteiger partial charge < -0.3 is 15.3 Å². The van der Waals surface area contributed by atoms with Crippen LogP contribution in [0, 0.1) is 0 Å². The minimum absolute atomic E-state index is 0.0526. The third-order valence-corrected chi connectivity index (χ3v) is 2.84. The van der Waals surface area contributed by atoms with Crippen LogP contribution in [-0.2, 0) is 4.79 Å². The van der Waals surface area contributed by atoms with Gasteiger partial charge in [-0.1, -0.05) is 0 Å². The van der Waals surface area contributed by atoms with Gasteiger partial charge in [-0.05, 0) is 32.9 Å². The highest BCUT2D eigenvalue weighted by atomic mass is 16.4. The highest BCUT2D eigenvalue weighted by Gasteiger charge is 2.14. The lowest BCUT2D eigenvalue weighted by Crippen LogP contribution is -2.33. The summed E-state index contributed by atoms with van der Waals surface area (Å²) in [4.78, 5) is 28.5. The van der Waals surface area contributed by atoms with Crippen LogP contribution in [0.15, 0.2) is 18.3 Å². The zero-order chi connectivity index (χ0) is 15.1. The molecule has 20 heavy (non-hydrogen) atoms. The van der Waals surface area contributed by atoms with Crippen LogP contribution in [0.4, 0.5) is 5.69 Å². The Kier molecular flexibility index (Phi) is 5.96. The van der Waals surface area contributed by atoms with Crippen molar-refractivity contribution in [2.45, 2.75) is 33.2 Å². The lowest BCUT2D eigenvalue weighted by Gasteiger charge is -2.28. The summed E-state index contributed by atoms with van der Waals surface area (Å²) in [5.74, 6) is -1.06. The molecule has 0 unspecified atom stereocenters. The molecule has 0 aliphatic carbocycles. The largest absolute Gasteiger partial charge is 0.481 e. The van der Waals surface area contributed by atoms with Crippen LogP contribution in [0.25, 0.3) is 0 Å². The zero-order valence-electron chi connectivity index (χ0n) is 12.1. The van der Waals surface area contributed by atoms with Crippen molar-refractivity contribution >= 4 is 17.6 Å². The Balaban J connectivity index is 2.93. The Morgan fingerprint density at radius 2 is 2.15 bits per heavy atom. The molecule has 0 aliphatic rings. The van der Waals surface area contributed by atoms with E-state index in [1.807, 2.05) is 25.7 Å². The first-order valence-electron chi connectivity index (χ1n) is 6.68. The highest BCUT2D eigenvalue weighted by Crippen LogP contribution is 2.18. The monoisotopic (exact) mass is 279 g/mol. The van der Waals surface area contributed by atoms with E-state index in [0.29, 0.717) is 18.8 Å². The van der Waals surface area contributed by atoms with Crippen LogP contribution in [-0.4, -0.2) is 41.1 Å². The van der Waals surface area contributed by atoms with E-state index < -0.39 is 5.97 Å². The molecule has 110 valence electrons. The Bertz CT molecular complexity index is 474. The summed E-state index contributed by atoms with van der Waals surface area (Å²) >= 11 is 0. The van der Waals surface area contributed by atoms with Crippen molar-refractivity contribution in [1.82, 2.24) is 10.3 Å². The molecule has 0 fully saturated rings. The number of carboxylic acid groups (broad SMARTS) is 1. The maximum atomic E-state index is 11.8. The van der Waals surface area contributed by atoms with E-state index in [9.17, 15) is 9.59 Å². The fraction of sp³-hybridized carbons (Fsp3) is 0.500. The van der Waals surface area contributed by atoms with Gasteiger partial charge >= 0.3 is 5.97 Å². The molecule has 0 bridgehead atoms. The summed E-state index contributed by atoms with van der Waals surface area (Å²) in [6.07, 6.45) is 1.62. The summed E-state index contributed by atoms with van der Waals surface area (Å²) in [6, 6.07) is 3.61. The molecule has 1 aromatic heterocycles. The van der Waals surface area contributed by atoms with E-state index in [1.54, 1.807) is 18.3 Å². The summed E-state index contributed by atoms with van der Waals surface area (Å²) in [6.45, 7) is 6.74. The predicted octanol–water partition coefficient (Wildman–Crippen LogP) is 1.52. The number of aliphatic carboxylic acids is 1. The van der Waals surface area contributed by atoms with Crippen molar-refractivity contribution in [2.75, 3.05) is 18.0 Å². The number of hydrogen-bond donors (Lipinski definition) is 2. The van der Waals surface area contributed by atoms with E-state index >= 15 is 0 Å². The molecule has 6 heteroatoms. The van der Waals surface area contributed by atoms with E-state index in [0.717, 1.165) is 5.69 Å². The topological polar surface area (TPSA) is 82.5 Å². The second-order valence-electron chi connectivity index (χ2n) is 4.69. The summed E-state index contributed by atoms with van der Waals surface area (Å²) in [7, 11) is 0. The smallest absolute Gasteiger partial charge is 0.305 e. The SMILES string of the molecule is CCNC(=O)c1cc(N(CCC(=O)O)C(C)C)ccn1. The van der Waals surface area contributed by atoms with E-state index in [1.165, 1.54) is 0 Å². The zero-order valence-corrected chi connectivity index (χ0v) is 12.1. The fourth-order valence-electron chi connectivity index (χ4n) is 1.87. The maximum absolute atomic E-state index is 11.8. The van der Waals surface area contributed by atoms with Gasteiger partial charge in [-0.3, -0.25) is 14.6 Å². The lowest BCUT2D eigenvalue weighted by atomic mass is 10.2. The molecule has 1 heterocycles. The summed E-state index contributed by atoms with van der Waals surface area (Å²) < 4.78 is 0. The van der Waals surface area contributed by atoms with Crippen LogP contribution in [0.2, 0.25) is 0 Å². The number of carboxylic acids is 1. The molecule has 0 saturated heterocycles. The maximum Gasteiger partial charge on any atom is 0.305 e. The third-order valence-electron chi connectivity index (χ3n) is 2.84. The van der Waals surface area contributed by atoms with Gasteiger partial charge in [0.05, 0.1) is 6.42 Å². The quantitative estimate of drug-likeness (QED) is 0.790. The molecular formula is C14H21N3O3. The molecular weight excluding hydrogens is 258 g/mol. The van der Waals surface area contributed by atoms with Gasteiger partial charge in [-0.25, -0.2) is 0 Å². The van der Waals surface area contributed by atoms with Gasteiger partial charge in [0.25, 0.3) is 5.91 Å². The number of amides is 1. The molecule has 0 atom stereocenters. The number of carbonyl (C=O) groups excluding carboxylic acids is 1. The summed E-state index contributed by atoms with van der Waals surface area (Å²) in [5.41, 5.74) is 1.14. The summed E-state index contributed by atoms with van der Waals surface area (Å²) in [5, 5.41) is 11.5. The van der Waals surface area contributed by atoms with E-state index in [4.69, 9.17) is 5.11 Å². The first-order valence-corrected chi connectivity index (χ1v) is 6.68. The molecule has 1 amide bonds. The molecule has 1 rings (SSSR count). The van der Waals surface area contributed by atoms with Gasteiger partial charge in [-0.15, -0.1) is 0 Å². The molecule has 0 aliphatic heterocycles. The minimum Gasteiger partial charge on any atom is -0.481 e. The van der Waals surface area contributed by atoms with Crippen molar-refractivity contribution in [3.05, 3.63) is 24.0 Å². The normalized spacial score (nSPS) is 10.4. The second kappa shape index (κ2) is 7.47. The molecule has 6 nitrogen and oxygen atoms in total.